The van der Waals surface area contributed by atoms with Crippen molar-refractivity contribution in [2.75, 3.05) is 47.1 Å². The van der Waals surface area contributed by atoms with E-state index in [-0.39, 0.29) is 24.0 Å². The van der Waals surface area contributed by atoms with E-state index in [2.05, 4.69) is 69.4 Å². The van der Waals surface area contributed by atoms with E-state index in [9.17, 15) is 0 Å². The molecule has 1 aromatic carbocycles. The van der Waals surface area contributed by atoms with Gasteiger partial charge in [0.15, 0.2) is 5.96 Å². The second kappa shape index (κ2) is 14.9. The predicted octanol–water partition coefficient (Wildman–Crippen LogP) is 3.52. The molecule has 0 fully saturated rings. The molecule has 0 unspecified atom stereocenters. The molecular formula is C17H29BrIN3O2. The van der Waals surface area contributed by atoms with Gasteiger partial charge in [-0.3, -0.25) is 4.99 Å². The highest BCUT2D eigenvalue weighted by Crippen LogP contribution is 2.11. The first-order valence-electron chi connectivity index (χ1n) is 7.98. The van der Waals surface area contributed by atoms with Crippen LogP contribution >= 0.6 is 39.9 Å². The van der Waals surface area contributed by atoms with E-state index >= 15 is 0 Å². The molecule has 0 atom stereocenters. The fourth-order valence-corrected chi connectivity index (χ4v) is 2.27. The Morgan fingerprint density at radius 1 is 1.21 bits per heavy atom. The fourth-order valence-electron chi connectivity index (χ4n) is 2.00. The van der Waals surface area contributed by atoms with E-state index in [1.165, 1.54) is 5.56 Å². The molecule has 0 spiro atoms. The SMILES string of the molecule is CCNC(=NCCCOCCOC)N(C)Cc1ccc(Br)cc1.I. The molecule has 7 heteroatoms. The summed E-state index contributed by atoms with van der Waals surface area (Å²) in [6.07, 6.45) is 0.907. The van der Waals surface area contributed by atoms with Gasteiger partial charge in [0.05, 0.1) is 13.2 Å². The smallest absolute Gasteiger partial charge is 0.193 e. The van der Waals surface area contributed by atoms with Crippen LogP contribution in [0.2, 0.25) is 0 Å². The van der Waals surface area contributed by atoms with Gasteiger partial charge >= 0.3 is 0 Å². The number of halogens is 2. The standard InChI is InChI=1S/C17H28BrN3O2.HI/c1-4-19-17(20-10-5-11-23-13-12-22-3)21(2)14-15-6-8-16(18)9-7-15;/h6-9H,4-5,10-14H2,1-3H3,(H,19,20);1H. The van der Waals surface area contributed by atoms with E-state index in [1.807, 2.05) is 0 Å². The molecule has 0 saturated carbocycles. The molecule has 0 bridgehead atoms. The summed E-state index contributed by atoms with van der Waals surface area (Å²) < 4.78 is 11.5. The number of aliphatic imine (C=N–C) groups is 1. The Labute approximate surface area is 171 Å². The summed E-state index contributed by atoms with van der Waals surface area (Å²) in [4.78, 5) is 6.79. The van der Waals surface area contributed by atoms with Crippen molar-refractivity contribution in [3.8, 4) is 0 Å². The second-order valence-electron chi connectivity index (χ2n) is 5.18. The number of methoxy groups -OCH3 is 1. The van der Waals surface area contributed by atoms with Crippen LogP contribution in [0.15, 0.2) is 33.7 Å². The first-order valence-corrected chi connectivity index (χ1v) is 8.77. The van der Waals surface area contributed by atoms with Crippen LogP contribution in [0, 0.1) is 0 Å². The van der Waals surface area contributed by atoms with Crippen molar-refractivity contribution < 1.29 is 9.47 Å². The number of benzene rings is 1. The van der Waals surface area contributed by atoms with Crippen LogP contribution in [0.25, 0.3) is 0 Å². The lowest BCUT2D eigenvalue weighted by molar-refractivity contribution is 0.0702. The Morgan fingerprint density at radius 2 is 1.92 bits per heavy atom. The zero-order valence-electron chi connectivity index (χ0n) is 14.8. The monoisotopic (exact) mass is 513 g/mol. The Hall–Kier alpha value is -0.380. The number of hydrogen-bond donors (Lipinski definition) is 1. The summed E-state index contributed by atoms with van der Waals surface area (Å²) in [6, 6.07) is 8.36. The van der Waals surface area contributed by atoms with Crippen molar-refractivity contribution in [2.45, 2.75) is 19.9 Å². The van der Waals surface area contributed by atoms with Crippen molar-refractivity contribution in [1.29, 1.82) is 0 Å². The molecule has 1 rings (SSSR count). The Balaban J connectivity index is 0.00000529. The molecule has 1 aromatic rings. The van der Waals surface area contributed by atoms with Gasteiger partial charge in [-0.2, -0.15) is 0 Å². The van der Waals surface area contributed by atoms with Gasteiger partial charge in [0.2, 0.25) is 0 Å². The Bertz CT molecular complexity index is 458. The highest BCUT2D eigenvalue weighted by Gasteiger charge is 2.06. The molecule has 0 aliphatic heterocycles. The molecule has 138 valence electrons. The molecule has 0 aromatic heterocycles. The predicted molar refractivity (Wildman–Crippen MR) is 114 cm³/mol. The third-order valence-corrected chi connectivity index (χ3v) is 3.70. The topological polar surface area (TPSA) is 46.1 Å². The van der Waals surface area contributed by atoms with Crippen molar-refractivity contribution in [3.63, 3.8) is 0 Å². The average molecular weight is 514 g/mol. The van der Waals surface area contributed by atoms with Crippen molar-refractivity contribution >= 4 is 45.9 Å². The first-order chi connectivity index (χ1) is 11.2. The molecular weight excluding hydrogens is 485 g/mol. The maximum absolute atomic E-state index is 5.45. The minimum atomic E-state index is 0. The summed E-state index contributed by atoms with van der Waals surface area (Å²) in [5.74, 6) is 0.923. The minimum absolute atomic E-state index is 0. The van der Waals surface area contributed by atoms with Gasteiger partial charge in [-0.1, -0.05) is 28.1 Å². The largest absolute Gasteiger partial charge is 0.382 e. The molecule has 5 nitrogen and oxygen atoms in total. The third-order valence-electron chi connectivity index (χ3n) is 3.17. The zero-order valence-corrected chi connectivity index (χ0v) is 18.7. The van der Waals surface area contributed by atoms with Crippen LogP contribution in [0.1, 0.15) is 18.9 Å². The van der Waals surface area contributed by atoms with E-state index in [0.717, 1.165) is 36.5 Å². The van der Waals surface area contributed by atoms with Gasteiger partial charge in [-0.05, 0) is 31.0 Å². The van der Waals surface area contributed by atoms with Gasteiger partial charge in [-0.15, -0.1) is 24.0 Å². The van der Waals surface area contributed by atoms with Gasteiger partial charge in [-0.25, -0.2) is 0 Å². The van der Waals surface area contributed by atoms with E-state index < -0.39 is 0 Å². The lowest BCUT2D eigenvalue weighted by atomic mass is 10.2. The molecule has 0 aliphatic carbocycles. The summed E-state index contributed by atoms with van der Waals surface area (Å²) in [5.41, 5.74) is 1.25. The lowest BCUT2D eigenvalue weighted by Gasteiger charge is -2.22. The Morgan fingerprint density at radius 3 is 2.54 bits per heavy atom. The van der Waals surface area contributed by atoms with Gasteiger partial charge in [0.1, 0.15) is 0 Å². The average Bonchev–Trinajstić information content (AvgIpc) is 2.55. The van der Waals surface area contributed by atoms with Crippen molar-refractivity contribution in [2.24, 2.45) is 4.99 Å². The maximum Gasteiger partial charge on any atom is 0.193 e. The molecule has 0 heterocycles. The van der Waals surface area contributed by atoms with Gasteiger partial charge < -0.3 is 19.7 Å². The summed E-state index contributed by atoms with van der Waals surface area (Å²) in [6.45, 7) is 6.50. The van der Waals surface area contributed by atoms with Gasteiger partial charge in [0, 0.05) is 44.9 Å². The molecule has 0 saturated heterocycles. The number of hydrogen-bond acceptors (Lipinski definition) is 3. The van der Waals surface area contributed by atoms with E-state index in [0.29, 0.717) is 19.8 Å². The highest BCUT2D eigenvalue weighted by atomic mass is 127. The number of nitrogens with zero attached hydrogens (tertiary/aromatic N) is 2. The number of guanidine groups is 1. The number of ether oxygens (including phenoxy) is 2. The highest BCUT2D eigenvalue weighted by molar-refractivity contribution is 14.0. The van der Waals surface area contributed by atoms with Gasteiger partial charge in [0.25, 0.3) is 0 Å². The quantitative estimate of drug-likeness (QED) is 0.225. The van der Waals surface area contributed by atoms with Crippen LogP contribution in [0.4, 0.5) is 0 Å². The minimum Gasteiger partial charge on any atom is -0.382 e. The van der Waals surface area contributed by atoms with Crippen LogP contribution in [-0.2, 0) is 16.0 Å². The lowest BCUT2D eigenvalue weighted by Crippen LogP contribution is -2.38. The van der Waals surface area contributed by atoms with Crippen LogP contribution in [0.3, 0.4) is 0 Å². The Kier molecular flexibility index (Phi) is 14.7. The molecule has 0 aliphatic rings. The van der Waals surface area contributed by atoms with E-state index in [4.69, 9.17) is 9.47 Å². The van der Waals surface area contributed by atoms with E-state index in [1.54, 1.807) is 7.11 Å². The zero-order chi connectivity index (χ0) is 16.9. The summed E-state index contributed by atoms with van der Waals surface area (Å²) >= 11 is 3.46. The van der Waals surface area contributed by atoms with Crippen LogP contribution in [0.5, 0.6) is 0 Å². The maximum atomic E-state index is 5.45. The van der Waals surface area contributed by atoms with Crippen LogP contribution < -0.4 is 5.32 Å². The normalized spacial score (nSPS) is 11.1. The third kappa shape index (κ3) is 10.5. The molecule has 1 N–H and O–H groups in total. The fraction of sp³-hybridized carbons (Fsp3) is 0.588. The molecule has 24 heavy (non-hydrogen) atoms. The number of nitrogens with one attached hydrogen (secondary N) is 1. The second-order valence-corrected chi connectivity index (χ2v) is 6.09. The molecule has 0 radical (unpaired) electrons. The summed E-state index contributed by atoms with van der Waals surface area (Å²) in [7, 11) is 3.73. The van der Waals surface area contributed by atoms with Crippen molar-refractivity contribution in [1.82, 2.24) is 10.2 Å². The first kappa shape index (κ1) is 23.6. The number of rotatable bonds is 10. The summed E-state index contributed by atoms with van der Waals surface area (Å²) in [5, 5.41) is 3.33. The molecule has 0 amide bonds. The van der Waals surface area contributed by atoms with Crippen molar-refractivity contribution in [3.05, 3.63) is 34.3 Å². The van der Waals surface area contributed by atoms with Crippen LogP contribution in [-0.4, -0.2) is 57.9 Å².